The van der Waals surface area contributed by atoms with Crippen LogP contribution in [0.2, 0.25) is 5.15 Å². The minimum absolute atomic E-state index is 0.133. The van der Waals surface area contributed by atoms with Gasteiger partial charge < -0.3 is 14.8 Å². The minimum atomic E-state index is -0.583. The van der Waals surface area contributed by atoms with Gasteiger partial charge in [0, 0.05) is 17.8 Å². The summed E-state index contributed by atoms with van der Waals surface area (Å²) in [5.41, 5.74) is 1.31. The molecule has 0 saturated carbocycles. The van der Waals surface area contributed by atoms with Crippen molar-refractivity contribution in [1.29, 1.82) is 0 Å². The molecular weight excluding hydrogens is 292 g/mol. The molecule has 1 aliphatic heterocycles. The van der Waals surface area contributed by atoms with Gasteiger partial charge in [0.05, 0.1) is 6.61 Å². The van der Waals surface area contributed by atoms with Crippen LogP contribution in [0.3, 0.4) is 0 Å². The van der Waals surface area contributed by atoms with E-state index in [2.05, 4.69) is 10.3 Å². The number of carbonyl (C=O) groups excluding carboxylic acids is 1. The second kappa shape index (κ2) is 6.30. The molecule has 2 rings (SSSR count). The van der Waals surface area contributed by atoms with Crippen molar-refractivity contribution >= 4 is 17.5 Å². The summed E-state index contributed by atoms with van der Waals surface area (Å²) in [6.07, 6.45) is -0.133. The van der Waals surface area contributed by atoms with Crippen LogP contribution in [-0.2, 0) is 9.47 Å². The number of carbonyl (C=O) groups is 1. The Hall–Kier alpha value is -1.17. The molecule has 0 radical (unpaired) electrons. The monoisotopic (exact) mass is 312 g/mol. The molecule has 1 unspecified atom stereocenters. The van der Waals surface area contributed by atoms with E-state index in [-0.39, 0.29) is 17.9 Å². The number of amides is 1. The van der Waals surface area contributed by atoms with Gasteiger partial charge in [-0.25, -0.2) is 4.98 Å². The van der Waals surface area contributed by atoms with Crippen LogP contribution in [0, 0.1) is 0 Å². The summed E-state index contributed by atoms with van der Waals surface area (Å²) >= 11 is 5.97. The Labute approximate surface area is 130 Å². The smallest absolute Gasteiger partial charge is 0.251 e. The van der Waals surface area contributed by atoms with E-state index in [0.717, 1.165) is 5.69 Å². The van der Waals surface area contributed by atoms with Gasteiger partial charge in [-0.15, -0.1) is 0 Å². The lowest BCUT2D eigenvalue weighted by atomic mass is 10.1. The third-order valence-electron chi connectivity index (χ3n) is 3.23. The van der Waals surface area contributed by atoms with Crippen molar-refractivity contribution in [2.45, 2.75) is 45.5 Å². The molecule has 6 heteroatoms. The van der Waals surface area contributed by atoms with Gasteiger partial charge in [-0.2, -0.15) is 0 Å². The van der Waals surface area contributed by atoms with Crippen molar-refractivity contribution in [3.63, 3.8) is 0 Å². The van der Waals surface area contributed by atoms with Crippen molar-refractivity contribution < 1.29 is 14.3 Å². The normalized spacial score (nSPS) is 20.8. The number of aromatic nitrogens is 1. The molecule has 0 spiro atoms. The van der Waals surface area contributed by atoms with Gasteiger partial charge in [0.2, 0.25) is 0 Å². The zero-order chi connectivity index (χ0) is 15.6. The molecule has 1 amide bonds. The molecule has 1 atom stereocenters. The fourth-order valence-electron chi connectivity index (χ4n) is 2.12. The largest absolute Gasteiger partial charge is 0.349 e. The van der Waals surface area contributed by atoms with E-state index in [4.69, 9.17) is 21.1 Å². The summed E-state index contributed by atoms with van der Waals surface area (Å²) in [7, 11) is 0. The van der Waals surface area contributed by atoms with Gasteiger partial charge in [0.1, 0.15) is 11.3 Å². The summed E-state index contributed by atoms with van der Waals surface area (Å²) in [5.74, 6) is -0.558. The zero-order valence-corrected chi connectivity index (χ0v) is 13.5. The molecule has 1 N–H and O–H groups in total. The van der Waals surface area contributed by atoms with Crippen LogP contribution < -0.4 is 5.32 Å². The second-order valence-electron chi connectivity index (χ2n) is 5.92. The SMILES string of the molecule is CC(C)c1cc(C(=O)NCC2COC(C)(C)O2)cc(Cl)n1. The molecule has 5 nitrogen and oxygen atoms in total. The average molecular weight is 313 g/mol. The molecule has 2 heterocycles. The van der Waals surface area contributed by atoms with Crippen molar-refractivity contribution in [2.24, 2.45) is 0 Å². The van der Waals surface area contributed by atoms with Crippen LogP contribution >= 0.6 is 11.6 Å². The van der Waals surface area contributed by atoms with E-state index in [1.54, 1.807) is 12.1 Å². The lowest BCUT2D eigenvalue weighted by Gasteiger charge is -2.17. The predicted molar refractivity (Wildman–Crippen MR) is 80.6 cm³/mol. The van der Waals surface area contributed by atoms with Crippen LogP contribution in [0.1, 0.15) is 49.7 Å². The van der Waals surface area contributed by atoms with Crippen LogP contribution in [-0.4, -0.2) is 35.9 Å². The lowest BCUT2D eigenvalue weighted by Crippen LogP contribution is -2.34. The Kier molecular flexibility index (Phi) is 4.86. The molecule has 1 aliphatic rings. The molecule has 116 valence electrons. The van der Waals surface area contributed by atoms with E-state index in [9.17, 15) is 4.79 Å². The van der Waals surface area contributed by atoms with Crippen LogP contribution in [0.25, 0.3) is 0 Å². The fraction of sp³-hybridized carbons (Fsp3) is 0.600. The Morgan fingerprint density at radius 3 is 2.81 bits per heavy atom. The third-order valence-corrected chi connectivity index (χ3v) is 3.42. The van der Waals surface area contributed by atoms with E-state index >= 15 is 0 Å². The molecule has 1 aromatic heterocycles. The molecule has 0 aliphatic carbocycles. The molecule has 0 aromatic carbocycles. The van der Waals surface area contributed by atoms with Crippen LogP contribution in [0.5, 0.6) is 0 Å². The van der Waals surface area contributed by atoms with E-state index in [0.29, 0.717) is 23.9 Å². The minimum Gasteiger partial charge on any atom is -0.349 e. The molecule has 0 bridgehead atoms. The molecule has 1 saturated heterocycles. The highest BCUT2D eigenvalue weighted by Gasteiger charge is 2.32. The van der Waals surface area contributed by atoms with Crippen molar-refractivity contribution in [3.8, 4) is 0 Å². The maximum absolute atomic E-state index is 12.2. The number of rotatable bonds is 4. The summed E-state index contributed by atoms with van der Waals surface area (Å²) < 4.78 is 11.1. The number of nitrogens with zero attached hydrogens (tertiary/aromatic N) is 1. The predicted octanol–water partition coefficient (Wildman–Crippen LogP) is 2.74. The summed E-state index contributed by atoms with van der Waals surface area (Å²) in [4.78, 5) is 16.4. The molecule has 1 aromatic rings. The lowest BCUT2D eigenvalue weighted by molar-refractivity contribution is -0.137. The second-order valence-corrected chi connectivity index (χ2v) is 6.31. The van der Waals surface area contributed by atoms with Gasteiger partial charge in [-0.3, -0.25) is 4.79 Å². The van der Waals surface area contributed by atoms with Crippen LogP contribution in [0.4, 0.5) is 0 Å². The first-order chi connectivity index (χ1) is 9.77. The summed E-state index contributed by atoms with van der Waals surface area (Å²) in [6.45, 7) is 8.60. The maximum Gasteiger partial charge on any atom is 0.251 e. The van der Waals surface area contributed by atoms with Crippen LogP contribution in [0.15, 0.2) is 12.1 Å². The van der Waals surface area contributed by atoms with Crippen molar-refractivity contribution in [2.75, 3.05) is 13.2 Å². The number of halogens is 1. The highest BCUT2D eigenvalue weighted by molar-refractivity contribution is 6.29. The Morgan fingerprint density at radius 2 is 2.24 bits per heavy atom. The molecule has 1 fully saturated rings. The number of hydrogen-bond donors (Lipinski definition) is 1. The zero-order valence-electron chi connectivity index (χ0n) is 12.8. The highest BCUT2D eigenvalue weighted by Crippen LogP contribution is 2.22. The van der Waals surface area contributed by atoms with E-state index in [1.165, 1.54) is 0 Å². The fourth-order valence-corrected chi connectivity index (χ4v) is 2.33. The van der Waals surface area contributed by atoms with Gasteiger partial charge in [-0.05, 0) is 31.9 Å². The summed E-state index contributed by atoms with van der Waals surface area (Å²) in [6, 6.07) is 3.33. The van der Waals surface area contributed by atoms with Gasteiger partial charge in [0.15, 0.2) is 5.79 Å². The number of ether oxygens (including phenoxy) is 2. The first-order valence-corrected chi connectivity index (χ1v) is 7.42. The van der Waals surface area contributed by atoms with E-state index in [1.807, 2.05) is 27.7 Å². The van der Waals surface area contributed by atoms with E-state index < -0.39 is 5.79 Å². The Balaban J connectivity index is 1.98. The molecular formula is C15H21ClN2O3. The Bertz CT molecular complexity index is 532. The van der Waals surface area contributed by atoms with Crippen molar-refractivity contribution in [3.05, 3.63) is 28.5 Å². The van der Waals surface area contributed by atoms with Gasteiger partial charge >= 0.3 is 0 Å². The third kappa shape index (κ3) is 4.40. The standard InChI is InChI=1S/C15H21ClN2O3/c1-9(2)12-5-10(6-13(16)18-12)14(19)17-7-11-8-20-15(3,4)21-11/h5-6,9,11H,7-8H2,1-4H3,(H,17,19). The van der Waals surface area contributed by atoms with Crippen molar-refractivity contribution in [1.82, 2.24) is 10.3 Å². The number of hydrogen-bond acceptors (Lipinski definition) is 4. The first kappa shape index (κ1) is 16.2. The topological polar surface area (TPSA) is 60.5 Å². The maximum atomic E-state index is 12.2. The quantitative estimate of drug-likeness (QED) is 0.868. The molecule has 21 heavy (non-hydrogen) atoms. The number of pyridine rings is 1. The summed E-state index contributed by atoms with van der Waals surface area (Å²) in [5, 5.41) is 3.17. The Morgan fingerprint density at radius 1 is 1.52 bits per heavy atom. The number of nitrogens with one attached hydrogen (secondary N) is 1. The first-order valence-electron chi connectivity index (χ1n) is 7.04. The average Bonchev–Trinajstić information content (AvgIpc) is 2.74. The van der Waals surface area contributed by atoms with Gasteiger partial charge in [0.25, 0.3) is 5.91 Å². The van der Waals surface area contributed by atoms with Gasteiger partial charge in [-0.1, -0.05) is 25.4 Å². The highest BCUT2D eigenvalue weighted by atomic mass is 35.5.